The molecule has 0 saturated heterocycles. The average Bonchev–Trinajstić information content (AvgIpc) is 3.21. The van der Waals surface area contributed by atoms with Gasteiger partial charge in [0.15, 0.2) is 0 Å². The molecule has 0 atom stereocenters. The number of rotatable bonds is 0. The first-order valence-electron chi connectivity index (χ1n) is 20.0. The summed E-state index contributed by atoms with van der Waals surface area (Å²) in [6, 6.07) is 0. The van der Waals surface area contributed by atoms with Crippen LogP contribution in [0.3, 0.4) is 0 Å². The first kappa shape index (κ1) is 379. The summed E-state index contributed by atoms with van der Waals surface area (Å²) >= 11 is 0. The highest BCUT2D eigenvalue weighted by molar-refractivity contribution is 3.54. The van der Waals surface area contributed by atoms with Crippen LogP contribution in [-0.2, 0) is 0 Å². The Morgan fingerprint density at radius 3 is 0.0556 bits per heavy atom. The average molecular weight is 826 g/mol. The van der Waals surface area contributed by atoms with Gasteiger partial charge in [0.05, 0.1) is 0 Å². The van der Waals surface area contributed by atoms with Gasteiger partial charge in [-0.3, -0.25) is 0 Å². The van der Waals surface area contributed by atoms with Crippen LogP contribution in [0.25, 0.3) is 0 Å². The minimum Gasteiger partial charge on any atom is -0.0776 e. The lowest BCUT2D eigenvalue weighted by Crippen LogP contribution is -0.856. The summed E-state index contributed by atoms with van der Waals surface area (Å²) in [6.07, 6.45) is 0. The van der Waals surface area contributed by atoms with E-state index in [9.17, 15) is 0 Å². The van der Waals surface area contributed by atoms with E-state index >= 15 is 0 Å². The molecular weight excluding hydrogens is 649 g/mol. The minimum absolute atomic E-state index is 0. The predicted molar refractivity (Wildman–Crippen MR) is 321 cm³/mol. The van der Waals surface area contributed by atoms with Crippen molar-refractivity contribution in [2.45, 2.75) is 381 Å². The molecule has 0 N–H and O–H groups in total. The topological polar surface area (TPSA) is 0 Å². The van der Waals surface area contributed by atoms with Crippen LogP contribution in [0.4, 0.5) is 0 Å². The minimum atomic E-state index is 0. The van der Waals surface area contributed by atoms with Crippen LogP contribution in [0.2, 0.25) is 0 Å². The molecule has 0 saturated carbocycles. The maximum atomic E-state index is 2.00. The second kappa shape index (κ2) is 0. The first-order valence-corrected chi connectivity index (χ1v) is 20.0. The number of hydrogen-bond acceptors (Lipinski definition) is 0. The van der Waals surface area contributed by atoms with Gasteiger partial charge in [-0.15, -0.1) is 0 Å². The van der Waals surface area contributed by atoms with Crippen LogP contribution in [-0.4, -0.2) is 0 Å². The third kappa shape index (κ3) is 0. The third-order valence-electron chi connectivity index (χ3n) is 0. The Labute approximate surface area is 379 Å². The van der Waals surface area contributed by atoms with E-state index in [0.29, 0.717) is 0 Å². The third-order valence-corrected chi connectivity index (χ3v) is 0. The van der Waals surface area contributed by atoms with E-state index in [1.807, 2.05) is 277 Å². The highest BCUT2D eigenvalue weighted by atomic mass is 13.0. The van der Waals surface area contributed by atoms with Crippen LogP contribution >= 0.6 is 0 Å². The van der Waals surface area contributed by atoms with Crippen molar-refractivity contribution >= 4 is 0 Å². The summed E-state index contributed by atoms with van der Waals surface area (Å²) in [4.78, 5) is 0. The van der Waals surface area contributed by atoms with E-state index in [1.165, 1.54) is 0 Å². The fourth-order valence-corrected chi connectivity index (χ4v) is 0. The van der Waals surface area contributed by atoms with Gasteiger partial charge < -0.3 is 0 Å². The molecule has 0 heterocycles. The van der Waals surface area contributed by atoms with Gasteiger partial charge in [0, 0.05) is 0 Å². The highest BCUT2D eigenvalue weighted by Crippen LogP contribution is 1.18. The molecule has 0 unspecified atom stereocenters. The Morgan fingerprint density at radius 1 is 0.0556 bits per heavy atom. The van der Waals surface area contributed by atoms with Crippen molar-refractivity contribution in [3.8, 4) is 0 Å². The van der Waals surface area contributed by atoms with Crippen LogP contribution in [0.5, 0.6) is 0 Å². The van der Waals surface area contributed by atoms with Gasteiger partial charge in [0.25, 0.3) is 0 Å². The second-order valence-electron chi connectivity index (χ2n) is 0. The molecule has 0 aromatic rings. The molecule has 0 aromatic carbocycles. The second-order valence-corrected chi connectivity index (χ2v) is 0. The standard InChI is InChI=1S/20C2H6.14CH4/c20*1-2;;;;;;;;;;;;;;/h20*1-2H3;14*1H4. The van der Waals surface area contributed by atoms with Gasteiger partial charge in [-0.1, -0.05) is 381 Å². The Kier molecular flexibility index (Phi) is 0. The SMILES string of the molecule is C.C.C.C.C.C.C.C.C.C.C.C.C.C.CC.CC.CC.CC.CC.CC.CC.CC.CC.CC.CC.CC.CC.CC.CC.CC.CC.CC.CC.CC. The predicted octanol–water partition coefficient (Wildman–Crippen LogP) is 29.4. The molecule has 0 radical (unpaired) electrons. The van der Waals surface area contributed by atoms with Crippen molar-refractivity contribution in [2.24, 2.45) is 0 Å². The Morgan fingerprint density at radius 2 is 0.0556 bits per heavy atom. The Balaban J connectivity index is -0.00000000240. The first-order chi connectivity index (χ1) is 20.0. The van der Waals surface area contributed by atoms with Crippen LogP contribution in [0.1, 0.15) is 381 Å². The van der Waals surface area contributed by atoms with E-state index in [1.54, 1.807) is 0 Å². The molecule has 0 aromatic heterocycles. The summed E-state index contributed by atoms with van der Waals surface area (Å²) in [7, 11) is 0. The molecule has 0 aliphatic carbocycles. The molecular formula is C54H176. The number of hydrogen-bond donors (Lipinski definition) is 0. The normalized spacial score (nSPS) is 2.22. The molecule has 0 aliphatic heterocycles. The lowest BCUT2D eigenvalue weighted by atomic mass is 11.0. The molecule has 0 bridgehead atoms. The fourth-order valence-electron chi connectivity index (χ4n) is 0. The molecule has 392 valence electrons. The quantitative estimate of drug-likeness (QED) is 0.228. The summed E-state index contributed by atoms with van der Waals surface area (Å²) in [6.45, 7) is 80.0. The monoisotopic (exact) mass is 825 g/mol. The Bertz CT molecular complexity index is 0. The van der Waals surface area contributed by atoms with Crippen molar-refractivity contribution < 1.29 is 0 Å². The smallest absolute Gasteiger partial charge is 0.0683 e. The maximum absolute atomic E-state index is 2.00. The molecule has 0 rings (SSSR count). The van der Waals surface area contributed by atoms with Gasteiger partial charge >= 0.3 is 0 Å². The maximum Gasteiger partial charge on any atom is -0.0683 e. The molecule has 0 nitrogen and oxygen atoms in total. The molecule has 0 spiro atoms. The lowest BCUT2D eigenvalue weighted by molar-refractivity contribution is 1.50. The van der Waals surface area contributed by atoms with Crippen molar-refractivity contribution in [3.05, 3.63) is 0 Å². The van der Waals surface area contributed by atoms with Crippen LogP contribution in [0.15, 0.2) is 0 Å². The van der Waals surface area contributed by atoms with Crippen LogP contribution in [0, 0.1) is 0 Å². The van der Waals surface area contributed by atoms with Crippen LogP contribution < -0.4 is 0 Å². The largest absolute Gasteiger partial charge is 0.0776 e. The van der Waals surface area contributed by atoms with Crippen molar-refractivity contribution in [3.63, 3.8) is 0 Å². The van der Waals surface area contributed by atoms with Gasteiger partial charge in [-0.2, -0.15) is 0 Å². The highest BCUT2D eigenvalue weighted by Gasteiger charge is 0.970. The van der Waals surface area contributed by atoms with Gasteiger partial charge in [-0.25, -0.2) is 0 Å². The van der Waals surface area contributed by atoms with Crippen molar-refractivity contribution in [1.29, 1.82) is 0 Å². The molecule has 0 amide bonds. The van der Waals surface area contributed by atoms with Crippen molar-refractivity contribution in [2.75, 3.05) is 0 Å². The summed E-state index contributed by atoms with van der Waals surface area (Å²) in [5, 5.41) is 0. The van der Waals surface area contributed by atoms with Gasteiger partial charge in [0.2, 0.25) is 0 Å². The molecule has 0 aliphatic rings. The fraction of sp³-hybridized carbons (Fsp3) is 1.00. The van der Waals surface area contributed by atoms with E-state index < -0.39 is 0 Å². The lowest BCUT2D eigenvalue weighted by Gasteiger charge is -1.07. The zero-order valence-corrected chi connectivity index (χ0v) is 40.0. The van der Waals surface area contributed by atoms with Crippen molar-refractivity contribution in [1.82, 2.24) is 0 Å². The van der Waals surface area contributed by atoms with E-state index in [4.69, 9.17) is 0 Å². The summed E-state index contributed by atoms with van der Waals surface area (Å²) in [5.41, 5.74) is 0. The van der Waals surface area contributed by atoms with Gasteiger partial charge in [0.1, 0.15) is 0 Å². The van der Waals surface area contributed by atoms with E-state index in [0.717, 1.165) is 0 Å². The molecule has 54 heavy (non-hydrogen) atoms. The molecule has 0 fully saturated rings. The zero-order valence-electron chi connectivity index (χ0n) is 40.0. The van der Waals surface area contributed by atoms with Gasteiger partial charge in [-0.05, 0) is 0 Å². The Hall–Kier alpha value is 0. The summed E-state index contributed by atoms with van der Waals surface area (Å²) < 4.78 is 0. The summed E-state index contributed by atoms with van der Waals surface area (Å²) in [5.74, 6) is 0. The zero-order chi connectivity index (χ0) is 40.0. The molecule has 0 heteroatoms. The van der Waals surface area contributed by atoms with E-state index in [-0.39, 0.29) is 104 Å². The van der Waals surface area contributed by atoms with E-state index in [2.05, 4.69) is 0 Å².